The van der Waals surface area contributed by atoms with E-state index < -0.39 is 0 Å². The standard InChI is InChI=1S/C16H15NS/c1-11(12(2)16-8-5-9-18-16)14-10-17-15-7-4-3-6-13(14)15/h3-10,12,17H,1H2,2H3. The molecule has 0 aliphatic rings. The van der Waals surface area contributed by atoms with Crippen LogP contribution in [-0.4, -0.2) is 4.98 Å². The summed E-state index contributed by atoms with van der Waals surface area (Å²) >= 11 is 1.79. The van der Waals surface area contributed by atoms with Gasteiger partial charge in [0.2, 0.25) is 0 Å². The smallest absolute Gasteiger partial charge is 0.0460 e. The summed E-state index contributed by atoms with van der Waals surface area (Å²) in [6.45, 7) is 6.51. The van der Waals surface area contributed by atoms with Gasteiger partial charge in [-0.2, -0.15) is 0 Å². The summed E-state index contributed by atoms with van der Waals surface area (Å²) in [6.07, 6.45) is 2.07. The van der Waals surface area contributed by atoms with Crippen molar-refractivity contribution in [1.29, 1.82) is 0 Å². The maximum absolute atomic E-state index is 4.29. The molecule has 18 heavy (non-hydrogen) atoms. The minimum Gasteiger partial charge on any atom is -0.361 e. The molecule has 0 aliphatic carbocycles. The van der Waals surface area contributed by atoms with Crippen LogP contribution >= 0.6 is 11.3 Å². The van der Waals surface area contributed by atoms with Crippen molar-refractivity contribution in [3.8, 4) is 0 Å². The number of fused-ring (bicyclic) bond motifs is 1. The lowest BCUT2D eigenvalue weighted by molar-refractivity contribution is 1.02. The molecule has 1 aromatic carbocycles. The number of allylic oxidation sites excluding steroid dienone is 1. The fourth-order valence-corrected chi connectivity index (χ4v) is 3.10. The van der Waals surface area contributed by atoms with E-state index in [0.29, 0.717) is 5.92 Å². The molecule has 0 bridgehead atoms. The summed E-state index contributed by atoms with van der Waals surface area (Å²) < 4.78 is 0. The molecular weight excluding hydrogens is 238 g/mol. The van der Waals surface area contributed by atoms with Gasteiger partial charge >= 0.3 is 0 Å². The highest BCUT2D eigenvalue weighted by Gasteiger charge is 2.15. The SMILES string of the molecule is C=C(c1c[nH]c2ccccc12)C(C)c1cccs1. The molecule has 2 heteroatoms. The molecule has 90 valence electrons. The molecule has 1 nitrogen and oxygen atoms in total. The largest absolute Gasteiger partial charge is 0.361 e. The zero-order valence-electron chi connectivity index (χ0n) is 10.3. The Morgan fingerprint density at radius 1 is 1.22 bits per heavy atom. The Balaban J connectivity index is 2.02. The van der Waals surface area contributed by atoms with E-state index in [1.165, 1.54) is 26.9 Å². The Morgan fingerprint density at radius 2 is 2.06 bits per heavy atom. The van der Waals surface area contributed by atoms with Crippen LogP contribution in [0, 0.1) is 0 Å². The Labute approximate surface area is 111 Å². The van der Waals surface area contributed by atoms with Gasteiger partial charge in [0.15, 0.2) is 0 Å². The highest BCUT2D eigenvalue weighted by molar-refractivity contribution is 7.10. The van der Waals surface area contributed by atoms with E-state index in [1.54, 1.807) is 11.3 Å². The minimum absolute atomic E-state index is 0.365. The molecule has 0 saturated heterocycles. The lowest BCUT2D eigenvalue weighted by atomic mass is 9.94. The molecule has 0 spiro atoms. The summed E-state index contributed by atoms with van der Waals surface area (Å²) in [5, 5.41) is 3.37. The average molecular weight is 253 g/mol. The Morgan fingerprint density at radius 3 is 2.83 bits per heavy atom. The van der Waals surface area contributed by atoms with E-state index in [-0.39, 0.29) is 0 Å². The van der Waals surface area contributed by atoms with Gasteiger partial charge in [0.05, 0.1) is 0 Å². The first kappa shape index (κ1) is 11.3. The van der Waals surface area contributed by atoms with Gasteiger partial charge in [-0.25, -0.2) is 0 Å². The molecule has 0 aliphatic heterocycles. The first-order valence-corrected chi connectivity index (χ1v) is 6.94. The van der Waals surface area contributed by atoms with Gasteiger partial charge < -0.3 is 4.98 Å². The Kier molecular flexibility index (Phi) is 2.80. The Hall–Kier alpha value is -1.80. The van der Waals surface area contributed by atoms with Gasteiger partial charge in [-0.1, -0.05) is 37.8 Å². The van der Waals surface area contributed by atoms with Crippen molar-refractivity contribution < 1.29 is 0 Å². The number of H-pyrrole nitrogens is 1. The summed E-state index contributed by atoms with van der Waals surface area (Å²) in [5.74, 6) is 0.365. The normalized spacial score (nSPS) is 12.7. The van der Waals surface area contributed by atoms with Gasteiger partial charge in [-0.15, -0.1) is 11.3 Å². The highest BCUT2D eigenvalue weighted by atomic mass is 32.1. The number of benzene rings is 1. The van der Waals surface area contributed by atoms with Gasteiger partial charge in [-0.05, 0) is 23.1 Å². The van der Waals surface area contributed by atoms with E-state index in [9.17, 15) is 0 Å². The fraction of sp³-hybridized carbons (Fsp3) is 0.125. The fourth-order valence-electron chi connectivity index (χ4n) is 2.28. The van der Waals surface area contributed by atoms with Crippen LogP contribution in [0.4, 0.5) is 0 Å². The molecule has 0 saturated carbocycles. The number of rotatable bonds is 3. The molecule has 0 fully saturated rings. The van der Waals surface area contributed by atoms with Gasteiger partial charge in [-0.3, -0.25) is 0 Å². The molecule has 1 N–H and O–H groups in total. The van der Waals surface area contributed by atoms with E-state index >= 15 is 0 Å². The van der Waals surface area contributed by atoms with Crippen LogP contribution in [0.25, 0.3) is 16.5 Å². The second-order valence-electron chi connectivity index (χ2n) is 4.51. The molecule has 0 amide bonds. The van der Waals surface area contributed by atoms with Crippen LogP contribution < -0.4 is 0 Å². The molecular formula is C16H15NS. The van der Waals surface area contributed by atoms with Crippen LogP contribution in [0.3, 0.4) is 0 Å². The summed E-state index contributed by atoms with van der Waals surface area (Å²) in [4.78, 5) is 4.68. The minimum atomic E-state index is 0.365. The number of para-hydroxylation sites is 1. The van der Waals surface area contributed by atoms with Crippen LogP contribution in [0.1, 0.15) is 23.3 Å². The lowest BCUT2D eigenvalue weighted by Gasteiger charge is -2.12. The highest BCUT2D eigenvalue weighted by Crippen LogP contribution is 2.35. The summed E-state index contributed by atoms with van der Waals surface area (Å²) in [7, 11) is 0. The molecule has 0 radical (unpaired) electrons. The van der Waals surface area contributed by atoms with Crippen molar-refractivity contribution in [3.63, 3.8) is 0 Å². The van der Waals surface area contributed by atoms with E-state index in [2.05, 4.69) is 60.4 Å². The number of aromatic amines is 1. The summed E-state index contributed by atoms with van der Waals surface area (Å²) in [5.41, 5.74) is 3.58. The number of aromatic nitrogens is 1. The number of hydrogen-bond acceptors (Lipinski definition) is 1. The van der Waals surface area contributed by atoms with E-state index in [4.69, 9.17) is 0 Å². The van der Waals surface area contributed by atoms with Crippen molar-refractivity contribution in [2.45, 2.75) is 12.8 Å². The first-order valence-electron chi connectivity index (χ1n) is 6.06. The van der Waals surface area contributed by atoms with Crippen molar-refractivity contribution in [2.75, 3.05) is 0 Å². The average Bonchev–Trinajstić information content (AvgIpc) is 3.06. The maximum Gasteiger partial charge on any atom is 0.0460 e. The zero-order chi connectivity index (χ0) is 12.5. The van der Waals surface area contributed by atoms with E-state index in [1.807, 2.05) is 6.07 Å². The molecule has 3 aromatic rings. The number of thiophene rings is 1. The zero-order valence-corrected chi connectivity index (χ0v) is 11.1. The number of nitrogens with one attached hydrogen (secondary N) is 1. The van der Waals surface area contributed by atoms with Gasteiger partial charge in [0.1, 0.15) is 0 Å². The monoisotopic (exact) mass is 253 g/mol. The second-order valence-corrected chi connectivity index (χ2v) is 5.49. The predicted molar refractivity (Wildman–Crippen MR) is 80.1 cm³/mol. The first-order chi connectivity index (χ1) is 8.77. The predicted octanol–water partition coefficient (Wildman–Crippen LogP) is 5.05. The van der Waals surface area contributed by atoms with Crippen LogP contribution in [0.15, 0.2) is 54.6 Å². The molecule has 2 aromatic heterocycles. The third-order valence-electron chi connectivity index (χ3n) is 3.43. The molecule has 2 heterocycles. The van der Waals surface area contributed by atoms with Crippen LogP contribution in [0.5, 0.6) is 0 Å². The number of hydrogen-bond donors (Lipinski definition) is 1. The second kappa shape index (κ2) is 4.46. The van der Waals surface area contributed by atoms with Crippen molar-refractivity contribution in [2.24, 2.45) is 0 Å². The lowest BCUT2D eigenvalue weighted by Crippen LogP contribution is -1.93. The third-order valence-corrected chi connectivity index (χ3v) is 4.48. The van der Waals surface area contributed by atoms with Crippen molar-refractivity contribution in [3.05, 3.63) is 65.0 Å². The summed E-state index contributed by atoms with van der Waals surface area (Å²) in [6, 6.07) is 12.6. The van der Waals surface area contributed by atoms with Gasteiger partial charge in [0, 0.05) is 33.5 Å². The van der Waals surface area contributed by atoms with Gasteiger partial charge in [0.25, 0.3) is 0 Å². The van der Waals surface area contributed by atoms with Crippen LogP contribution in [0.2, 0.25) is 0 Å². The van der Waals surface area contributed by atoms with Crippen molar-refractivity contribution >= 4 is 27.8 Å². The Bertz CT molecular complexity index is 676. The third kappa shape index (κ3) is 1.79. The van der Waals surface area contributed by atoms with E-state index in [0.717, 1.165) is 0 Å². The van der Waals surface area contributed by atoms with Crippen molar-refractivity contribution in [1.82, 2.24) is 4.98 Å². The molecule has 3 rings (SSSR count). The quantitative estimate of drug-likeness (QED) is 0.672. The maximum atomic E-state index is 4.29. The molecule has 1 unspecified atom stereocenters. The topological polar surface area (TPSA) is 15.8 Å². The molecule has 1 atom stereocenters. The van der Waals surface area contributed by atoms with Crippen LogP contribution in [-0.2, 0) is 0 Å².